The molecule has 1 saturated heterocycles. The molecule has 0 radical (unpaired) electrons. The zero-order chi connectivity index (χ0) is 24.1. The predicted octanol–water partition coefficient (Wildman–Crippen LogP) is 2.91. The molecule has 0 aromatic carbocycles. The fraction of sp³-hybridized carbons (Fsp3) is 0.652. The number of hydrogen-bond acceptors (Lipinski definition) is 11. The summed E-state index contributed by atoms with van der Waals surface area (Å²) in [6.07, 6.45) is 4.26. The molecule has 186 valence electrons. The molecule has 2 N–H and O–H groups in total. The largest absolute Gasteiger partial charge is 0.462 e. The van der Waals surface area contributed by atoms with Gasteiger partial charge in [0.15, 0.2) is 5.13 Å². The minimum Gasteiger partial charge on any atom is -0.462 e. The number of aliphatic hydroxyl groups excluding tert-OH is 1. The number of ether oxygens (including phenoxy) is 2. The van der Waals surface area contributed by atoms with Crippen molar-refractivity contribution in [2.24, 2.45) is 0 Å². The zero-order valence-electron chi connectivity index (χ0n) is 20.2. The smallest absolute Gasteiger partial charge is 0.350 e. The predicted molar refractivity (Wildman–Crippen MR) is 133 cm³/mol. The Morgan fingerprint density at radius 1 is 1.18 bits per heavy atom. The van der Waals surface area contributed by atoms with E-state index in [4.69, 9.17) is 19.4 Å². The number of nitrogens with one attached hydrogen (secondary N) is 1. The van der Waals surface area contributed by atoms with Crippen LogP contribution in [0.4, 0.5) is 22.7 Å². The van der Waals surface area contributed by atoms with E-state index in [1.54, 1.807) is 21.0 Å². The van der Waals surface area contributed by atoms with Crippen LogP contribution < -0.4 is 15.1 Å². The van der Waals surface area contributed by atoms with Crippen molar-refractivity contribution >= 4 is 40.0 Å². The fourth-order valence-corrected chi connectivity index (χ4v) is 5.26. The third kappa shape index (κ3) is 5.59. The third-order valence-corrected chi connectivity index (χ3v) is 7.23. The van der Waals surface area contributed by atoms with E-state index in [0.29, 0.717) is 34.9 Å². The molecule has 2 aliphatic rings. The first-order valence-electron chi connectivity index (χ1n) is 12.0. The van der Waals surface area contributed by atoms with Crippen LogP contribution in [-0.2, 0) is 15.9 Å². The molecule has 2 aliphatic heterocycles. The van der Waals surface area contributed by atoms with Crippen molar-refractivity contribution in [2.45, 2.75) is 52.1 Å². The van der Waals surface area contributed by atoms with Crippen LogP contribution in [0.1, 0.15) is 53.5 Å². The highest BCUT2D eigenvalue weighted by molar-refractivity contribution is 7.17. The number of piperidine rings is 1. The molecular formula is C23H34N6O4S. The zero-order valence-corrected chi connectivity index (χ0v) is 21.0. The summed E-state index contributed by atoms with van der Waals surface area (Å²) in [6.45, 7) is 7.69. The molecular weight excluding hydrogens is 456 g/mol. The second kappa shape index (κ2) is 11.3. The lowest BCUT2D eigenvalue weighted by atomic mass is 10.1. The van der Waals surface area contributed by atoms with Crippen molar-refractivity contribution in [2.75, 3.05) is 61.6 Å². The number of nitrogens with zero attached hydrogens (tertiary/aromatic N) is 5. The first-order valence-corrected chi connectivity index (χ1v) is 12.8. The summed E-state index contributed by atoms with van der Waals surface area (Å²) in [5.41, 5.74) is 1.77. The summed E-state index contributed by atoms with van der Waals surface area (Å²) >= 11 is 1.24. The van der Waals surface area contributed by atoms with Crippen molar-refractivity contribution in [1.29, 1.82) is 0 Å². The summed E-state index contributed by atoms with van der Waals surface area (Å²) in [4.78, 5) is 31.6. The summed E-state index contributed by atoms with van der Waals surface area (Å²) in [7, 11) is 1.71. The average Bonchev–Trinajstić information content (AvgIpc) is 3.06. The number of fused-ring (bicyclic) bond motifs is 1. The van der Waals surface area contributed by atoms with Crippen molar-refractivity contribution < 1.29 is 19.4 Å². The number of thiazole rings is 1. The van der Waals surface area contributed by atoms with Gasteiger partial charge in [-0.2, -0.15) is 9.97 Å². The van der Waals surface area contributed by atoms with Gasteiger partial charge in [-0.25, -0.2) is 9.78 Å². The van der Waals surface area contributed by atoms with Crippen molar-refractivity contribution in [3.05, 3.63) is 16.1 Å². The van der Waals surface area contributed by atoms with Gasteiger partial charge >= 0.3 is 5.97 Å². The van der Waals surface area contributed by atoms with Crippen molar-refractivity contribution in [3.8, 4) is 0 Å². The van der Waals surface area contributed by atoms with Crippen molar-refractivity contribution in [3.63, 3.8) is 0 Å². The quantitative estimate of drug-likeness (QED) is 0.536. The number of aryl methyl sites for hydroxylation is 1. The molecule has 11 heteroatoms. The van der Waals surface area contributed by atoms with Gasteiger partial charge < -0.3 is 24.4 Å². The molecule has 1 fully saturated rings. The molecule has 0 spiro atoms. The van der Waals surface area contributed by atoms with Crippen LogP contribution in [0.15, 0.2) is 0 Å². The second-order valence-electron chi connectivity index (χ2n) is 8.61. The molecule has 2 aromatic heterocycles. The minimum atomic E-state index is -0.369. The van der Waals surface area contributed by atoms with Crippen LogP contribution in [0.5, 0.6) is 0 Å². The van der Waals surface area contributed by atoms with Gasteiger partial charge in [-0.15, -0.1) is 0 Å². The average molecular weight is 491 g/mol. The molecule has 0 saturated carbocycles. The van der Waals surface area contributed by atoms with Gasteiger partial charge in [0.1, 0.15) is 16.5 Å². The summed E-state index contributed by atoms with van der Waals surface area (Å²) in [5.74, 6) is 1.93. The number of anilines is 4. The monoisotopic (exact) mass is 490 g/mol. The normalized spacial score (nSPS) is 16.8. The summed E-state index contributed by atoms with van der Waals surface area (Å²) in [6, 6.07) is 0. The van der Waals surface area contributed by atoms with Gasteiger partial charge in [0.25, 0.3) is 0 Å². The topological polar surface area (TPSA) is 113 Å². The van der Waals surface area contributed by atoms with Gasteiger partial charge in [0.05, 0.1) is 25.0 Å². The van der Waals surface area contributed by atoms with Crippen LogP contribution in [-0.4, -0.2) is 78.6 Å². The molecule has 0 atom stereocenters. The number of methoxy groups -OCH3 is 1. The maximum Gasteiger partial charge on any atom is 0.350 e. The molecule has 0 amide bonds. The number of hydrogen-bond donors (Lipinski definition) is 2. The van der Waals surface area contributed by atoms with Gasteiger partial charge in [-0.1, -0.05) is 11.3 Å². The Bertz CT molecular complexity index is 992. The molecule has 34 heavy (non-hydrogen) atoms. The Labute approximate surface area is 204 Å². The van der Waals surface area contributed by atoms with Gasteiger partial charge in [0, 0.05) is 38.9 Å². The number of aromatic nitrogens is 3. The van der Waals surface area contributed by atoms with E-state index in [9.17, 15) is 9.90 Å². The van der Waals surface area contributed by atoms with E-state index in [1.165, 1.54) is 11.3 Å². The van der Waals surface area contributed by atoms with E-state index in [0.717, 1.165) is 75.5 Å². The van der Waals surface area contributed by atoms with Gasteiger partial charge in [-0.3, -0.25) is 5.32 Å². The van der Waals surface area contributed by atoms with Gasteiger partial charge in [-0.05, 0) is 46.0 Å². The Morgan fingerprint density at radius 3 is 2.68 bits per heavy atom. The number of aliphatic hydroxyl groups is 1. The van der Waals surface area contributed by atoms with Crippen LogP contribution in [0, 0.1) is 6.92 Å². The number of carbonyl (C=O) groups is 1. The Balaban J connectivity index is 1.70. The fourth-order valence-electron chi connectivity index (χ4n) is 4.40. The highest BCUT2D eigenvalue weighted by Gasteiger charge is 2.27. The number of carbonyl (C=O) groups excluding carboxylic acids is 1. The molecule has 4 rings (SSSR count). The Hall–Kier alpha value is -2.50. The standard InChI is InChI=1S/C23H34N6O4S/c1-4-33-21(31)18-15(2)24-23(34-18)27-22-25-19-17(7-5-6-10-28(19)13-14-32-3)20(26-22)29-11-8-16(30)9-12-29/h16,30H,4-14H2,1-3H3,(H,24,25,26,27). The highest BCUT2D eigenvalue weighted by Crippen LogP contribution is 2.35. The molecule has 4 heterocycles. The number of esters is 1. The number of rotatable bonds is 8. The van der Waals surface area contributed by atoms with E-state index >= 15 is 0 Å². The maximum absolute atomic E-state index is 12.2. The Morgan fingerprint density at radius 2 is 1.94 bits per heavy atom. The van der Waals surface area contributed by atoms with E-state index in [1.807, 2.05) is 0 Å². The lowest BCUT2D eigenvalue weighted by Crippen LogP contribution is -2.37. The SMILES string of the molecule is CCOC(=O)c1sc(Nc2nc3c(c(N4CCC(O)CC4)n2)CCCCN3CCOC)nc1C. The summed E-state index contributed by atoms with van der Waals surface area (Å²) in [5, 5.41) is 13.8. The third-order valence-electron chi connectivity index (χ3n) is 6.17. The lowest BCUT2D eigenvalue weighted by molar-refractivity contribution is 0.0531. The van der Waals surface area contributed by atoms with Crippen LogP contribution in [0.2, 0.25) is 0 Å². The van der Waals surface area contributed by atoms with Gasteiger partial charge in [0.2, 0.25) is 5.95 Å². The summed E-state index contributed by atoms with van der Waals surface area (Å²) < 4.78 is 10.5. The van der Waals surface area contributed by atoms with Crippen molar-refractivity contribution in [1.82, 2.24) is 15.0 Å². The minimum absolute atomic E-state index is 0.257. The van der Waals surface area contributed by atoms with Crippen LogP contribution in [0.3, 0.4) is 0 Å². The Kier molecular flexibility index (Phi) is 8.17. The van der Waals surface area contributed by atoms with E-state index in [2.05, 4.69) is 20.1 Å². The molecule has 0 aliphatic carbocycles. The first-order chi connectivity index (χ1) is 16.5. The molecule has 2 aromatic rings. The van der Waals surface area contributed by atoms with E-state index < -0.39 is 0 Å². The first kappa shape index (κ1) is 24.6. The molecule has 10 nitrogen and oxygen atoms in total. The van der Waals surface area contributed by atoms with Crippen LogP contribution >= 0.6 is 11.3 Å². The lowest BCUT2D eigenvalue weighted by Gasteiger charge is -2.33. The maximum atomic E-state index is 12.2. The second-order valence-corrected chi connectivity index (χ2v) is 9.61. The molecule has 0 bridgehead atoms. The highest BCUT2D eigenvalue weighted by atomic mass is 32.1. The van der Waals surface area contributed by atoms with Crippen LogP contribution in [0.25, 0.3) is 0 Å². The molecule has 0 unspecified atom stereocenters. The van der Waals surface area contributed by atoms with E-state index in [-0.39, 0.29) is 12.1 Å².